The second-order valence-electron chi connectivity index (χ2n) is 5.20. The Labute approximate surface area is 148 Å². The zero-order chi connectivity index (χ0) is 17.6. The molecule has 1 amide bonds. The minimum absolute atomic E-state index is 0.0720. The molecule has 2 aromatic carbocycles. The van der Waals surface area contributed by atoms with Crippen LogP contribution < -0.4 is 5.32 Å². The molecule has 7 nitrogen and oxygen atoms in total. The number of carbonyl (C=O) groups is 1. The van der Waals surface area contributed by atoms with E-state index in [2.05, 4.69) is 26.8 Å². The van der Waals surface area contributed by atoms with Gasteiger partial charge in [-0.1, -0.05) is 35.9 Å². The van der Waals surface area contributed by atoms with Gasteiger partial charge < -0.3 is 5.32 Å². The van der Waals surface area contributed by atoms with Gasteiger partial charge in [0.05, 0.1) is 17.5 Å². The predicted molar refractivity (Wildman–Crippen MR) is 92.7 cm³/mol. The second-order valence-corrected chi connectivity index (χ2v) is 5.61. The summed E-state index contributed by atoms with van der Waals surface area (Å²) in [5, 5.41) is 23.9. The second kappa shape index (κ2) is 7.55. The highest BCUT2D eigenvalue weighted by atomic mass is 35.5. The van der Waals surface area contributed by atoms with Gasteiger partial charge in [0.15, 0.2) is 0 Å². The van der Waals surface area contributed by atoms with Crippen molar-refractivity contribution in [3.63, 3.8) is 0 Å². The van der Waals surface area contributed by atoms with E-state index in [1.54, 1.807) is 36.4 Å². The third kappa shape index (κ3) is 4.19. The molecule has 3 rings (SSSR count). The molecule has 0 saturated carbocycles. The number of nitrogens with one attached hydrogen (secondary N) is 1. The van der Waals surface area contributed by atoms with Crippen LogP contribution in [-0.2, 0) is 17.8 Å². The van der Waals surface area contributed by atoms with Crippen molar-refractivity contribution in [2.24, 2.45) is 0 Å². The van der Waals surface area contributed by atoms with Gasteiger partial charge in [-0.15, -0.1) is 10.2 Å². The van der Waals surface area contributed by atoms with Crippen LogP contribution in [0.25, 0.3) is 11.4 Å². The molecule has 0 aliphatic rings. The minimum Gasteiger partial charge on any atom is -0.324 e. The molecule has 0 atom stereocenters. The first-order valence-corrected chi connectivity index (χ1v) is 7.82. The van der Waals surface area contributed by atoms with Crippen LogP contribution in [0.5, 0.6) is 0 Å². The Morgan fingerprint density at radius 3 is 2.68 bits per heavy atom. The molecule has 1 aromatic heterocycles. The number of rotatable bonds is 5. The first kappa shape index (κ1) is 16.6. The van der Waals surface area contributed by atoms with Crippen molar-refractivity contribution in [2.45, 2.75) is 13.0 Å². The minimum atomic E-state index is -0.281. The van der Waals surface area contributed by atoms with E-state index in [9.17, 15) is 4.79 Å². The maximum absolute atomic E-state index is 12.1. The Hall–Kier alpha value is -3.24. The molecule has 1 heterocycles. The summed E-state index contributed by atoms with van der Waals surface area (Å²) in [7, 11) is 0. The van der Waals surface area contributed by atoms with Crippen LogP contribution in [0.4, 0.5) is 5.69 Å². The summed E-state index contributed by atoms with van der Waals surface area (Å²) >= 11 is 6.10. The Balaban J connectivity index is 1.64. The number of nitriles is 1. The fourth-order valence-corrected chi connectivity index (χ4v) is 2.41. The molecule has 0 aliphatic carbocycles. The molecular weight excluding hydrogens is 340 g/mol. The molecule has 0 fully saturated rings. The first-order valence-electron chi connectivity index (χ1n) is 7.44. The van der Waals surface area contributed by atoms with Crippen molar-refractivity contribution in [2.75, 3.05) is 5.32 Å². The van der Waals surface area contributed by atoms with Crippen LogP contribution in [-0.4, -0.2) is 26.1 Å². The monoisotopic (exact) mass is 352 g/mol. The number of nitrogens with zero attached hydrogens (tertiary/aromatic N) is 5. The normalized spacial score (nSPS) is 10.2. The summed E-state index contributed by atoms with van der Waals surface area (Å²) in [5.41, 5.74) is 2.19. The van der Waals surface area contributed by atoms with Gasteiger partial charge in [-0.3, -0.25) is 4.79 Å². The molecule has 1 N–H and O–H groups in total. The van der Waals surface area contributed by atoms with Gasteiger partial charge >= 0.3 is 0 Å². The van der Waals surface area contributed by atoms with Crippen molar-refractivity contribution in [3.8, 4) is 17.5 Å². The Kier molecular flexibility index (Phi) is 5.02. The summed E-state index contributed by atoms with van der Waals surface area (Å²) in [6, 6.07) is 16.3. The molecule has 0 bridgehead atoms. The van der Waals surface area contributed by atoms with Crippen LogP contribution in [0.2, 0.25) is 5.02 Å². The van der Waals surface area contributed by atoms with E-state index < -0.39 is 0 Å². The third-order valence-corrected chi connectivity index (χ3v) is 3.70. The zero-order valence-corrected chi connectivity index (χ0v) is 13.8. The van der Waals surface area contributed by atoms with E-state index in [0.717, 1.165) is 5.56 Å². The zero-order valence-electron chi connectivity index (χ0n) is 13.1. The lowest BCUT2D eigenvalue weighted by Crippen LogP contribution is -2.20. The highest BCUT2D eigenvalue weighted by Gasteiger charge is 2.11. The number of hydrogen-bond donors (Lipinski definition) is 1. The molecular formula is C17H13ClN6O. The lowest BCUT2D eigenvalue weighted by molar-refractivity contribution is -0.117. The SMILES string of the molecule is N#CCc1ccc(NC(=O)Cn2nnc(-c3ccccc3Cl)n2)cc1. The van der Waals surface area contributed by atoms with Crippen LogP contribution in [0.15, 0.2) is 48.5 Å². The topological polar surface area (TPSA) is 96.5 Å². The summed E-state index contributed by atoms with van der Waals surface area (Å²) in [6.07, 6.45) is 0.335. The van der Waals surface area contributed by atoms with Gasteiger partial charge in [0.25, 0.3) is 0 Å². The van der Waals surface area contributed by atoms with E-state index in [1.165, 1.54) is 4.80 Å². The number of carbonyl (C=O) groups excluding carboxylic acids is 1. The standard InChI is InChI=1S/C17H13ClN6O/c18-15-4-2-1-3-14(15)17-21-23-24(22-17)11-16(25)20-13-7-5-12(6-8-13)9-10-19/h1-8H,9,11H2,(H,20,25). The predicted octanol–water partition coefficient (Wildman–Crippen LogP) is 2.70. The Bertz CT molecular complexity index is 929. The van der Waals surface area contributed by atoms with E-state index in [0.29, 0.717) is 28.5 Å². The number of aromatic nitrogens is 4. The summed E-state index contributed by atoms with van der Waals surface area (Å²) in [6.45, 7) is -0.0720. The van der Waals surface area contributed by atoms with Gasteiger partial charge in [0, 0.05) is 11.3 Å². The molecule has 0 unspecified atom stereocenters. The lowest BCUT2D eigenvalue weighted by atomic mass is 10.1. The summed E-state index contributed by atoms with van der Waals surface area (Å²) < 4.78 is 0. The van der Waals surface area contributed by atoms with E-state index in [4.69, 9.17) is 16.9 Å². The van der Waals surface area contributed by atoms with Gasteiger partial charge in [-0.25, -0.2) is 0 Å². The van der Waals surface area contributed by atoms with Gasteiger partial charge in [-0.05, 0) is 35.0 Å². The number of halogens is 1. The average Bonchev–Trinajstić information content (AvgIpc) is 3.05. The summed E-state index contributed by atoms with van der Waals surface area (Å²) in [4.78, 5) is 13.3. The Morgan fingerprint density at radius 2 is 1.96 bits per heavy atom. The summed E-state index contributed by atoms with van der Waals surface area (Å²) in [5.74, 6) is 0.0791. The van der Waals surface area contributed by atoms with Crippen LogP contribution >= 0.6 is 11.6 Å². The van der Waals surface area contributed by atoms with Crippen molar-refractivity contribution in [1.82, 2.24) is 20.2 Å². The van der Waals surface area contributed by atoms with Crippen LogP contribution in [0.1, 0.15) is 5.56 Å². The van der Waals surface area contributed by atoms with Crippen molar-refractivity contribution in [1.29, 1.82) is 5.26 Å². The fourth-order valence-electron chi connectivity index (χ4n) is 2.19. The number of benzene rings is 2. The van der Waals surface area contributed by atoms with Crippen LogP contribution in [0, 0.1) is 11.3 Å². The quantitative estimate of drug-likeness (QED) is 0.761. The number of anilines is 1. The molecule has 25 heavy (non-hydrogen) atoms. The van der Waals surface area contributed by atoms with Crippen LogP contribution in [0.3, 0.4) is 0 Å². The van der Waals surface area contributed by atoms with E-state index in [1.807, 2.05) is 12.1 Å². The highest BCUT2D eigenvalue weighted by molar-refractivity contribution is 6.33. The Morgan fingerprint density at radius 1 is 1.20 bits per heavy atom. The molecule has 0 spiro atoms. The number of tetrazole rings is 1. The van der Waals surface area contributed by atoms with Gasteiger partial charge in [0.1, 0.15) is 6.54 Å². The van der Waals surface area contributed by atoms with Crippen molar-refractivity contribution >= 4 is 23.2 Å². The van der Waals surface area contributed by atoms with Gasteiger partial charge in [0.2, 0.25) is 11.7 Å². The molecule has 8 heteroatoms. The number of amides is 1. The molecule has 0 radical (unpaired) electrons. The highest BCUT2D eigenvalue weighted by Crippen LogP contribution is 2.23. The smallest absolute Gasteiger partial charge is 0.248 e. The third-order valence-electron chi connectivity index (χ3n) is 3.37. The largest absolute Gasteiger partial charge is 0.324 e. The number of hydrogen-bond acceptors (Lipinski definition) is 5. The maximum atomic E-state index is 12.1. The van der Waals surface area contributed by atoms with E-state index in [-0.39, 0.29) is 12.5 Å². The van der Waals surface area contributed by atoms with E-state index >= 15 is 0 Å². The maximum Gasteiger partial charge on any atom is 0.248 e. The van der Waals surface area contributed by atoms with Crippen molar-refractivity contribution in [3.05, 3.63) is 59.1 Å². The van der Waals surface area contributed by atoms with Gasteiger partial charge in [-0.2, -0.15) is 10.1 Å². The average molecular weight is 353 g/mol. The molecule has 124 valence electrons. The fraction of sp³-hybridized carbons (Fsp3) is 0.118. The molecule has 0 saturated heterocycles. The lowest BCUT2D eigenvalue weighted by Gasteiger charge is -2.05. The molecule has 3 aromatic rings. The molecule has 0 aliphatic heterocycles. The first-order chi connectivity index (χ1) is 12.2. The van der Waals surface area contributed by atoms with Crippen molar-refractivity contribution < 1.29 is 4.79 Å².